The van der Waals surface area contributed by atoms with Crippen molar-refractivity contribution in [3.63, 3.8) is 0 Å². The van der Waals surface area contributed by atoms with Crippen LogP contribution in [0.1, 0.15) is 26.1 Å². The zero-order chi connectivity index (χ0) is 24.0. The molecule has 0 spiro atoms. The van der Waals surface area contributed by atoms with Crippen molar-refractivity contribution in [2.75, 3.05) is 12.0 Å². The van der Waals surface area contributed by atoms with E-state index in [4.69, 9.17) is 16.6 Å². The maximum absolute atomic E-state index is 13.0. The van der Waals surface area contributed by atoms with E-state index in [-0.39, 0.29) is 5.75 Å². The van der Waals surface area contributed by atoms with Gasteiger partial charge >= 0.3 is 0 Å². The molecule has 0 unspecified atom stereocenters. The molecule has 176 valence electrons. The highest BCUT2D eigenvalue weighted by molar-refractivity contribution is 7.92. The molecule has 0 N–H and O–H groups in total. The highest BCUT2D eigenvalue weighted by Gasteiger charge is 2.25. The van der Waals surface area contributed by atoms with Gasteiger partial charge in [-0.3, -0.25) is 0 Å². The molecule has 2 aromatic carbocycles. The summed E-state index contributed by atoms with van der Waals surface area (Å²) < 4.78 is 53.1. The molecule has 0 bridgehead atoms. The smallest absolute Gasteiger partial charge is 0.182 e. The first-order chi connectivity index (χ1) is 15.5. The van der Waals surface area contributed by atoms with Gasteiger partial charge in [0.25, 0.3) is 0 Å². The molecular formula is C23H26ClN3O4S2. The van der Waals surface area contributed by atoms with Crippen LogP contribution < -0.4 is 0 Å². The molecule has 4 aromatic rings. The summed E-state index contributed by atoms with van der Waals surface area (Å²) >= 11 is 6.17. The van der Waals surface area contributed by atoms with Crippen molar-refractivity contribution in [3.8, 4) is 0 Å². The van der Waals surface area contributed by atoms with Gasteiger partial charge in [0.1, 0.15) is 15.7 Å². The summed E-state index contributed by atoms with van der Waals surface area (Å²) in [5.74, 6) is 0.776. The Morgan fingerprint density at radius 3 is 2.45 bits per heavy atom. The van der Waals surface area contributed by atoms with Crippen LogP contribution in [0.25, 0.3) is 21.9 Å². The maximum Gasteiger partial charge on any atom is 0.182 e. The highest BCUT2D eigenvalue weighted by Crippen LogP contribution is 2.29. The van der Waals surface area contributed by atoms with Gasteiger partial charge < -0.3 is 9.13 Å². The molecule has 2 aromatic heterocycles. The van der Waals surface area contributed by atoms with Crippen molar-refractivity contribution in [2.45, 2.75) is 43.5 Å². The molecule has 0 fully saturated rings. The molecule has 2 heterocycles. The van der Waals surface area contributed by atoms with Gasteiger partial charge in [0, 0.05) is 34.9 Å². The molecule has 0 atom stereocenters. The minimum absolute atomic E-state index is 0.0724. The monoisotopic (exact) mass is 507 g/mol. The van der Waals surface area contributed by atoms with E-state index < -0.39 is 24.9 Å². The van der Waals surface area contributed by atoms with E-state index in [2.05, 4.69) is 0 Å². The van der Waals surface area contributed by atoms with Crippen molar-refractivity contribution >= 4 is 53.2 Å². The van der Waals surface area contributed by atoms with E-state index in [1.807, 2.05) is 39.5 Å². The Bertz CT molecular complexity index is 1550. The number of benzene rings is 2. The third-order valence-corrected chi connectivity index (χ3v) is 9.12. The average molecular weight is 508 g/mol. The molecule has 0 aliphatic carbocycles. The van der Waals surface area contributed by atoms with Crippen molar-refractivity contribution in [1.82, 2.24) is 14.1 Å². The Morgan fingerprint density at radius 1 is 1.03 bits per heavy atom. The first-order valence-corrected chi connectivity index (χ1v) is 14.6. The molecule has 10 heteroatoms. The number of para-hydroxylation sites is 1. The van der Waals surface area contributed by atoms with Crippen molar-refractivity contribution in [3.05, 3.63) is 59.5 Å². The van der Waals surface area contributed by atoms with Gasteiger partial charge in [0.15, 0.2) is 9.84 Å². The Kier molecular flexibility index (Phi) is 6.32. The van der Waals surface area contributed by atoms with E-state index in [0.717, 1.165) is 11.0 Å². The number of nitrogens with zero attached hydrogens (tertiary/aromatic N) is 3. The SMILES string of the molecule is CC(C)S(=O)(=O)c1cn(Cc2nc3cc(Cl)ccc3n2CCCS(C)(=O)=O)c2ccccc12. The molecule has 0 aliphatic heterocycles. The van der Waals surface area contributed by atoms with Gasteiger partial charge in [-0.15, -0.1) is 0 Å². The fraction of sp³-hybridized carbons (Fsp3) is 0.348. The second-order valence-electron chi connectivity index (χ2n) is 8.53. The van der Waals surface area contributed by atoms with E-state index >= 15 is 0 Å². The zero-order valence-corrected chi connectivity index (χ0v) is 21.1. The number of rotatable bonds is 8. The molecule has 7 nitrogen and oxygen atoms in total. The topological polar surface area (TPSA) is 91.0 Å². The number of hydrogen-bond donors (Lipinski definition) is 0. The number of halogens is 1. The summed E-state index contributed by atoms with van der Waals surface area (Å²) in [6.45, 7) is 4.15. The van der Waals surface area contributed by atoms with E-state index in [1.54, 1.807) is 32.2 Å². The Morgan fingerprint density at radius 2 is 1.76 bits per heavy atom. The van der Waals surface area contributed by atoms with Crippen molar-refractivity contribution in [2.24, 2.45) is 0 Å². The van der Waals surface area contributed by atoms with Crippen LogP contribution in [0.2, 0.25) is 5.02 Å². The van der Waals surface area contributed by atoms with E-state index in [0.29, 0.717) is 46.2 Å². The lowest BCUT2D eigenvalue weighted by Gasteiger charge is -2.11. The summed E-state index contributed by atoms with van der Waals surface area (Å²) in [6.07, 6.45) is 3.34. The molecule has 33 heavy (non-hydrogen) atoms. The van der Waals surface area contributed by atoms with Crippen LogP contribution >= 0.6 is 11.6 Å². The predicted octanol–water partition coefficient (Wildman–Crippen LogP) is 4.31. The Labute approximate surface area is 198 Å². The number of fused-ring (bicyclic) bond motifs is 2. The Hall–Kier alpha value is -2.36. The first-order valence-electron chi connectivity index (χ1n) is 10.6. The fourth-order valence-corrected chi connectivity index (χ4v) is 6.07. The Balaban J connectivity index is 1.81. The zero-order valence-electron chi connectivity index (χ0n) is 18.7. The lowest BCUT2D eigenvalue weighted by atomic mass is 10.2. The van der Waals surface area contributed by atoms with Gasteiger partial charge in [-0.1, -0.05) is 29.8 Å². The molecule has 0 saturated carbocycles. The average Bonchev–Trinajstić information content (AvgIpc) is 3.26. The third-order valence-electron chi connectivity index (χ3n) is 5.68. The third kappa shape index (κ3) is 4.81. The van der Waals surface area contributed by atoms with Gasteiger partial charge in [-0.05, 0) is 44.5 Å². The summed E-state index contributed by atoms with van der Waals surface area (Å²) in [4.78, 5) is 5.06. The van der Waals surface area contributed by atoms with Gasteiger partial charge in [-0.2, -0.15) is 0 Å². The summed E-state index contributed by atoms with van der Waals surface area (Å²) in [6, 6.07) is 12.8. The predicted molar refractivity (Wildman–Crippen MR) is 132 cm³/mol. The summed E-state index contributed by atoms with van der Waals surface area (Å²) in [5.41, 5.74) is 2.36. The summed E-state index contributed by atoms with van der Waals surface area (Å²) in [5, 5.41) is 0.694. The molecule has 0 saturated heterocycles. The fourth-order valence-electron chi connectivity index (χ4n) is 3.98. The lowest BCUT2D eigenvalue weighted by Crippen LogP contribution is -2.14. The van der Waals surface area contributed by atoms with E-state index in [1.165, 1.54) is 6.26 Å². The number of aromatic nitrogens is 3. The lowest BCUT2D eigenvalue weighted by molar-refractivity contribution is 0.586. The molecule has 0 aliphatic rings. The van der Waals surface area contributed by atoms with Crippen LogP contribution in [-0.2, 0) is 32.8 Å². The minimum atomic E-state index is -3.48. The number of imidazole rings is 1. The molecular weight excluding hydrogens is 482 g/mol. The number of aryl methyl sites for hydroxylation is 1. The first kappa shape index (κ1) is 23.8. The quantitative estimate of drug-likeness (QED) is 0.354. The van der Waals surface area contributed by atoms with Crippen LogP contribution in [0.3, 0.4) is 0 Å². The van der Waals surface area contributed by atoms with E-state index in [9.17, 15) is 16.8 Å². The van der Waals surface area contributed by atoms with Crippen LogP contribution in [0, 0.1) is 0 Å². The highest BCUT2D eigenvalue weighted by atomic mass is 35.5. The second-order valence-corrected chi connectivity index (χ2v) is 13.7. The normalized spacial score (nSPS) is 12.9. The van der Waals surface area contributed by atoms with Crippen molar-refractivity contribution < 1.29 is 16.8 Å². The van der Waals surface area contributed by atoms with Gasteiger partial charge in [-0.25, -0.2) is 21.8 Å². The molecule has 4 rings (SSSR count). The minimum Gasteiger partial charge on any atom is -0.339 e. The molecule has 0 radical (unpaired) electrons. The number of hydrogen-bond acceptors (Lipinski definition) is 5. The van der Waals surface area contributed by atoms with Crippen LogP contribution in [0.5, 0.6) is 0 Å². The van der Waals surface area contributed by atoms with Gasteiger partial charge in [0.2, 0.25) is 0 Å². The van der Waals surface area contributed by atoms with Crippen LogP contribution in [-0.4, -0.2) is 48.2 Å². The summed E-state index contributed by atoms with van der Waals surface area (Å²) in [7, 11) is -6.56. The second kappa shape index (κ2) is 8.77. The molecule has 0 amide bonds. The maximum atomic E-state index is 13.0. The number of sulfone groups is 2. The standard InChI is InChI=1S/C23H26ClN3O4S2/c1-16(2)33(30,31)22-14-26(20-8-5-4-7-18(20)22)15-23-25-19-13-17(24)9-10-21(19)27(23)11-6-12-32(3,28)29/h4-5,7-10,13-14,16H,6,11-12,15H2,1-3H3. The van der Waals surface area contributed by atoms with Crippen LogP contribution in [0.4, 0.5) is 0 Å². The van der Waals surface area contributed by atoms with Gasteiger partial charge in [0.05, 0.1) is 33.5 Å². The van der Waals surface area contributed by atoms with Crippen molar-refractivity contribution in [1.29, 1.82) is 0 Å². The largest absolute Gasteiger partial charge is 0.339 e. The van der Waals surface area contributed by atoms with Crippen LogP contribution in [0.15, 0.2) is 53.6 Å².